The van der Waals surface area contributed by atoms with E-state index in [0.717, 1.165) is 0 Å². The number of hydrogen-bond acceptors (Lipinski definition) is 4. The molecule has 5 heteroatoms. The molecular weight excluding hydrogens is 162 g/mol. The molecule has 0 aliphatic carbocycles. The van der Waals surface area contributed by atoms with Crippen molar-refractivity contribution in [1.29, 1.82) is 0 Å². The molecule has 0 aromatic carbocycles. The first-order valence-electron chi connectivity index (χ1n) is 3.93. The zero-order chi connectivity index (χ0) is 9.40. The van der Waals surface area contributed by atoms with Gasteiger partial charge < -0.3 is 10.5 Å². The van der Waals surface area contributed by atoms with Crippen molar-refractivity contribution in [3.63, 3.8) is 0 Å². The number of nitrogens with two attached hydrogens (primary N) is 1. The van der Waals surface area contributed by atoms with E-state index < -0.39 is 6.09 Å². The molecule has 0 radical (unpaired) electrons. The molecule has 3 N–H and O–H groups in total. The van der Waals surface area contributed by atoms with Crippen LogP contribution in [0, 0.1) is 0 Å². The van der Waals surface area contributed by atoms with E-state index in [9.17, 15) is 4.79 Å². The fraction of sp³-hybridized carbons (Fsp3) is 0.857. The van der Waals surface area contributed by atoms with Gasteiger partial charge in [0, 0.05) is 0 Å². The Labute approximate surface area is 71.4 Å². The van der Waals surface area contributed by atoms with Crippen LogP contribution >= 0.6 is 0 Å². The van der Waals surface area contributed by atoms with Gasteiger partial charge in [-0.25, -0.2) is 9.68 Å². The summed E-state index contributed by atoms with van der Waals surface area (Å²) in [4.78, 5) is 14.2. The topological polar surface area (TPSA) is 81.8 Å². The molecule has 0 spiro atoms. The lowest BCUT2D eigenvalue weighted by molar-refractivity contribution is -0.243. The summed E-state index contributed by atoms with van der Waals surface area (Å²) in [6.07, 6.45) is 1.08. The van der Waals surface area contributed by atoms with Gasteiger partial charge in [-0.1, -0.05) is 6.92 Å². The first-order valence-corrected chi connectivity index (χ1v) is 3.93. The molecule has 1 atom stereocenters. The van der Waals surface area contributed by atoms with Crippen LogP contribution in [0.3, 0.4) is 0 Å². The van der Waals surface area contributed by atoms with E-state index in [-0.39, 0.29) is 12.7 Å². The number of primary amides is 1. The molecule has 0 aromatic heterocycles. The molecule has 0 aliphatic rings. The maximum atomic E-state index is 10.3. The van der Waals surface area contributed by atoms with Gasteiger partial charge in [0.1, 0.15) is 6.10 Å². The molecule has 5 nitrogen and oxygen atoms in total. The smallest absolute Gasteiger partial charge is 0.404 e. The largest absolute Gasteiger partial charge is 0.446 e. The van der Waals surface area contributed by atoms with Gasteiger partial charge in [0.05, 0.1) is 6.61 Å². The van der Waals surface area contributed by atoms with Crippen LogP contribution in [0.2, 0.25) is 0 Å². The molecule has 72 valence electrons. The Bertz CT molecular complexity index is 129. The highest BCUT2D eigenvalue weighted by Crippen LogP contribution is 2.06. The van der Waals surface area contributed by atoms with Gasteiger partial charge in [-0.05, 0) is 19.3 Å². The lowest BCUT2D eigenvalue weighted by Crippen LogP contribution is -2.22. The molecule has 1 unspecified atom stereocenters. The van der Waals surface area contributed by atoms with E-state index in [4.69, 9.17) is 15.7 Å². The average Bonchev–Trinajstić information content (AvgIpc) is 2.02. The molecule has 0 aliphatic heterocycles. The third-order valence-electron chi connectivity index (χ3n) is 1.50. The summed E-state index contributed by atoms with van der Waals surface area (Å²) in [6, 6.07) is 0. The maximum Gasteiger partial charge on any atom is 0.404 e. The molecular formula is C7H15NO4. The summed E-state index contributed by atoms with van der Waals surface area (Å²) < 4.78 is 4.75. The Morgan fingerprint density at radius 1 is 1.67 bits per heavy atom. The predicted octanol–water partition coefficient (Wildman–Crippen LogP) is 1.13. The standard InChI is InChI=1S/C7H15NO4/c1-2-6(12-7(8)9)4-3-5-11-10/h6,10H,2-5H2,1H3,(H2,8,9). The molecule has 0 heterocycles. The van der Waals surface area contributed by atoms with Crippen LogP contribution in [0.25, 0.3) is 0 Å². The summed E-state index contributed by atoms with van der Waals surface area (Å²) in [7, 11) is 0. The summed E-state index contributed by atoms with van der Waals surface area (Å²) in [5, 5.41) is 8.00. The van der Waals surface area contributed by atoms with Crippen LogP contribution in [-0.4, -0.2) is 24.1 Å². The number of ether oxygens (including phenoxy) is 1. The highest BCUT2D eigenvalue weighted by Gasteiger charge is 2.08. The fourth-order valence-electron chi connectivity index (χ4n) is 0.886. The molecule has 12 heavy (non-hydrogen) atoms. The summed E-state index contributed by atoms with van der Waals surface area (Å²) in [5.41, 5.74) is 4.83. The van der Waals surface area contributed by atoms with E-state index in [1.165, 1.54) is 0 Å². The monoisotopic (exact) mass is 177 g/mol. The molecule has 0 bridgehead atoms. The van der Waals surface area contributed by atoms with Crippen molar-refractivity contribution in [2.24, 2.45) is 5.73 Å². The third-order valence-corrected chi connectivity index (χ3v) is 1.50. The minimum Gasteiger partial charge on any atom is -0.446 e. The summed E-state index contributed by atoms with van der Waals surface area (Å²) in [6.45, 7) is 2.14. The normalized spacial score (nSPS) is 12.5. The minimum atomic E-state index is -0.758. The Hall–Kier alpha value is -0.810. The Balaban J connectivity index is 3.46. The number of amides is 1. The summed E-state index contributed by atoms with van der Waals surface area (Å²) >= 11 is 0. The van der Waals surface area contributed by atoms with Crippen molar-refractivity contribution < 1.29 is 19.7 Å². The van der Waals surface area contributed by atoms with E-state index in [2.05, 4.69) is 4.89 Å². The second kappa shape index (κ2) is 6.87. The van der Waals surface area contributed by atoms with Crippen molar-refractivity contribution in [3.8, 4) is 0 Å². The van der Waals surface area contributed by atoms with Gasteiger partial charge >= 0.3 is 6.09 Å². The Morgan fingerprint density at radius 3 is 2.75 bits per heavy atom. The third kappa shape index (κ3) is 5.94. The molecule has 0 rings (SSSR count). The van der Waals surface area contributed by atoms with Crippen LogP contribution in [0.1, 0.15) is 26.2 Å². The maximum absolute atomic E-state index is 10.3. The van der Waals surface area contributed by atoms with Crippen LogP contribution < -0.4 is 5.73 Å². The first kappa shape index (κ1) is 11.2. The molecule has 0 saturated heterocycles. The number of carbonyl (C=O) groups excluding carboxylic acids is 1. The Morgan fingerprint density at radius 2 is 2.33 bits per heavy atom. The van der Waals surface area contributed by atoms with Gasteiger partial charge in [0.2, 0.25) is 0 Å². The quantitative estimate of drug-likeness (QED) is 0.362. The highest BCUT2D eigenvalue weighted by atomic mass is 17.1. The van der Waals surface area contributed by atoms with Gasteiger partial charge in [-0.15, -0.1) is 0 Å². The van der Waals surface area contributed by atoms with E-state index >= 15 is 0 Å². The zero-order valence-electron chi connectivity index (χ0n) is 7.16. The Kier molecular flexibility index (Phi) is 6.41. The second-order valence-corrected chi connectivity index (χ2v) is 2.44. The van der Waals surface area contributed by atoms with Gasteiger partial charge in [0.15, 0.2) is 0 Å². The van der Waals surface area contributed by atoms with Crippen molar-refractivity contribution in [1.82, 2.24) is 0 Å². The number of hydrogen-bond donors (Lipinski definition) is 2. The molecule has 0 saturated carbocycles. The van der Waals surface area contributed by atoms with Crippen molar-refractivity contribution in [2.45, 2.75) is 32.3 Å². The van der Waals surface area contributed by atoms with E-state index in [1.54, 1.807) is 0 Å². The van der Waals surface area contributed by atoms with Crippen molar-refractivity contribution >= 4 is 6.09 Å². The average molecular weight is 177 g/mol. The predicted molar refractivity (Wildman–Crippen MR) is 42.6 cm³/mol. The number of rotatable bonds is 6. The fourth-order valence-corrected chi connectivity index (χ4v) is 0.886. The number of carbonyl (C=O) groups is 1. The van der Waals surface area contributed by atoms with Crippen molar-refractivity contribution in [2.75, 3.05) is 6.61 Å². The van der Waals surface area contributed by atoms with E-state index in [1.807, 2.05) is 6.92 Å². The van der Waals surface area contributed by atoms with Gasteiger partial charge in [-0.2, -0.15) is 0 Å². The van der Waals surface area contributed by atoms with Crippen molar-refractivity contribution in [3.05, 3.63) is 0 Å². The van der Waals surface area contributed by atoms with Crippen LogP contribution in [0.4, 0.5) is 4.79 Å². The van der Waals surface area contributed by atoms with E-state index in [0.29, 0.717) is 19.3 Å². The first-order chi connectivity index (χ1) is 5.70. The lowest BCUT2D eigenvalue weighted by atomic mass is 10.1. The summed E-state index contributed by atoms with van der Waals surface area (Å²) in [5.74, 6) is 0. The zero-order valence-corrected chi connectivity index (χ0v) is 7.16. The highest BCUT2D eigenvalue weighted by molar-refractivity contribution is 5.64. The molecule has 1 amide bonds. The minimum absolute atomic E-state index is 0.169. The second-order valence-electron chi connectivity index (χ2n) is 2.44. The van der Waals surface area contributed by atoms with Gasteiger partial charge in [0.25, 0.3) is 0 Å². The van der Waals surface area contributed by atoms with Crippen LogP contribution in [0.5, 0.6) is 0 Å². The van der Waals surface area contributed by atoms with Crippen LogP contribution in [0.15, 0.2) is 0 Å². The lowest BCUT2D eigenvalue weighted by Gasteiger charge is -2.13. The van der Waals surface area contributed by atoms with Gasteiger partial charge in [-0.3, -0.25) is 5.26 Å². The van der Waals surface area contributed by atoms with Crippen LogP contribution in [-0.2, 0) is 9.62 Å². The molecule has 0 fully saturated rings. The molecule has 0 aromatic rings. The SMILES string of the molecule is CCC(CCCOO)OC(N)=O.